The molecule has 2 aromatic heterocycles. The van der Waals surface area contributed by atoms with Crippen LogP contribution in [0.4, 0.5) is 5.95 Å². The van der Waals surface area contributed by atoms with Crippen LogP contribution in [0.2, 0.25) is 5.02 Å². The minimum atomic E-state index is -0.485. The molecule has 0 aliphatic carbocycles. The lowest BCUT2D eigenvalue weighted by Crippen LogP contribution is -2.29. The molecule has 0 saturated heterocycles. The second kappa shape index (κ2) is 16.3. The number of hydrogen-bond acceptors (Lipinski definition) is 5. The third-order valence-electron chi connectivity index (χ3n) is 7.33. The molecule has 214 valence electrons. The maximum Gasteiger partial charge on any atom is 0.329 e. The third kappa shape index (κ3) is 9.38. The van der Waals surface area contributed by atoms with Gasteiger partial charge in [0.2, 0.25) is 5.95 Å². The number of hydrazone groups is 1. The van der Waals surface area contributed by atoms with Crippen LogP contribution in [0.1, 0.15) is 109 Å². The quantitative estimate of drug-likeness (QED) is 0.0969. The van der Waals surface area contributed by atoms with Crippen molar-refractivity contribution in [2.45, 2.75) is 110 Å². The van der Waals surface area contributed by atoms with Crippen LogP contribution in [0.3, 0.4) is 0 Å². The van der Waals surface area contributed by atoms with Crippen molar-refractivity contribution in [1.82, 2.24) is 19.1 Å². The number of nitrogens with one attached hydrogen (secondary N) is 2. The van der Waals surface area contributed by atoms with E-state index < -0.39 is 11.2 Å². The van der Waals surface area contributed by atoms with Crippen molar-refractivity contribution in [1.29, 1.82) is 0 Å². The van der Waals surface area contributed by atoms with Crippen molar-refractivity contribution in [3.8, 4) is 0 Å². The summed E-state index contributed by atoms with van der Waals surface area (Å²) in [6.07, 6.45) is 18.0. The van der Waals surface area contributed by atoms with Crippen molar-refractivity contribution >= 4 is 34.4 Å². The molecule has 8 nitrogen and oxygen atoms in total. The molecule has 0 aliphatic heterocycles. The Morgan fingerprint density at radius 3 is 2.00 bits per heavy atom. The summed E-state index contributed by atoms with van der Waals surface area (Å²) >= 11 is 6.00. The lowest BCUT2D eigenvalue weighted by molar-refractivity contribution is 0.526. The Morgan fingerprint density at radius 1 is 0.897 bits per heavy atom. The molecule has 0 saturated carbocycles. The van der Waals surface area contributed by atoms with Crippen molar-refractivity contribution in [3.05, 3.63) is 55.7 Å². The van der Waals surface area contributed by atoms with Gasteiger partial charge >= 0.3 is 5.69 Å². The standard InChI is InChI=1S/C30H45ClN6O2/c1-4-5-6-7-8-9-10-11-12-13-14-15-16-17-22-37-26-27(36(3)30(39)33-28(26)38)32-29(37)35-34-23(2)24-18-20-25(31)21-19-24/h18-21H,4-17,22H2,1-3H3,(H,32,35)(H,33,38,39)/b34-23-. The maximum absolute atomic E-state index is 12.7. The molecule has 0 amide bonds. The Morgan fingerprint density at radius 2 is 1.44 bits per heavy atom. The van der Waals surface area contributed by atoms with Crippen molar-refractivity contribution in [3.63, 3.8) is 0 Å². The first kappa shape index (κ1) is 30.7. The molecule has 0 fully saturated rings. The zero-order chi connectivity index (χ0) is 28.0. The summed E-state index contributed by atoms with van der Waals surface area (Å²) in [4.78, 5) is 31.8. The summed E-state index contributed by atoms with van der Waals surface area (Å²) in [5, 5.41) is 5.15. The second-order valence-electron chi connectivity index (χ2n) is 10.5. The fraction of sp³-hybridized carbons (Fsp3) is 0.600. The number of nitrogens with zero attached hydrogens (tertiary/aromatic N) is 4. The fourth-order valence-electron chi connectivity index (χ4n) is 4.89. The molecule has 0 bridgehead atoms. The topological polar surface area (TPSA) is 97.1 Å². The van der Waals surface area contributed by atoms with E-state index in [4.69, 9.17) is 11.6 Å². The van der Waals surface area contributed by atoms with Gasteiger partial charge in [0.25, 0.3) is 5.56 Å². The van der Waals surface area contributed by atoms with E-state index in [0.29, 0.717) is 28.7 Å². The molecule has 0 radical (unpaired) electrons. The van der Waals surface area contributed by atoms with Crippen LogP contribution in [0.15, 0.2) is 39.0 Å². The molecule has 0 spiro atoms. The van der Waals surface area contributed by atoms with Crippen LogP contribution < -0.4 is 16.7 Å². The van der Waals surface area contributed by atoms with Crippen LogP contribution in [-0.4, -0.2) is 24.8 Å². The summed E-state index contributed by atoms with van der Waals surface area (Å²) in [5.41, 5.74) is 4.51. The number of H-pyrrole nitrogens is 1. The number of aromatic amines is 1. The lowest BCUT2D eigenvalue weighted by Gasteiger charge is -2.09. The fourth-order valence-corrected chi connectivity index (χ4v) is 5.02. The van der Waals surface area contributed by atoms with E-state index in [-0.39, 0.29) is 0 Å². The van der Waals surface area contributed by atoms with Gasteiger partial charge in [-0.05, 0) is 31.0 Å². The summed E-state index contributed by atoms with van der Waals surface area (Å²) < 4.78 is 3.20. The zero-order valence-electron chi connectivity index (χ0n) is 23.9. The molecular weight excluding hydrogens is 512 g/mol. The number of rotatable bonds is 18. The highest BCUT2D eigenvalue weighted by Gasteiger charge is 2.17. The Bertz CT molecular complexity index is 1310. The SMILES string of the molecule is CCCCCCCCCCCCCCCCn1c(N/N=C(/C)c2ccc(Cl)cc2)nc2c1c(=O)[nH]c(=O)n2C. The first-order valence-electron chi connectivity index (χ1n) is 14.7. The molecule has 0 aliphatic rings. The average Bonchev–Trinajstić information content (AvgIpc) is 3.30. The zero-order valence-corrected chi connectivity index (χ0v) is 24.7. The van der Waals surface area contributed by atoms with Crippen molar-refractivity contribution < 1.29 is 0 Å². The normalized spacial score (nSPS) is 11.9. The highest BCUT2D eigenvalue weighted by atomic mass is 35.5. The molecule has 1 aromatic carbocycles. The molecule has 2 heterocycles. The maximum atomic E-state index is 12.7. The number of halogens is 1. The lowest BCUT2D eigenvalue weighted by atomic mass is 10.0. The van der Waals surface area contributed by atoms with E-state index in [1.165, 1.54) is 81.6 Å². The molecule has 39 heavy (non-hydrogen) atoms. The number of fused-ring (bicyclic) bond motifs is 1. The summed E-state index contributed by atoms with van der Waals surface area (Å²) in [6, 6.07) is 7.43. The summed E-state index contributed by atoms with van der Waals surface area (Å²) in [6.45, 7) is 4.77. The van der Waals surface area contributed by atoms with Gasteiger partial charge in [-0.3, -0.25) is 14.3 Å². The second-order valence-corrected chi connectivity index (χ2v) is 10.9. The Balaban J connectivity index is 1.52. The van der Waals surface area contributed by atoms with Gasteiger partial charge in [0.15, 0.2) is 11.2 Å². The van der Waals surface area contributed by atoms with E-state index in [0.717, 1.165) is 24.1 Å². The van der Waals surface area contributed by atoms with Gasteiger partial charge in [-0.15, -0.1) is 0 Å². The van der Waals surface area contributed by atoms with E-state index in [1.54, 1.807) is 7.05 Å². The number of aromatic nitrogens is 4. The van der Waals surface area contributed by atoms with Crippen molar-refractivity contribution in [2.75, 3.05) is 5.43 Å². The molecule has 9 heteroatoms. The van der Waals surface area contributed by atoms with E-state index in [9.17, 15) is 9.59 Å². The van der Waals surface area contributed by atoms with E-state index in [2.05, 4.69) is 27.4 Å². The van der Waals surface area contributed by atoms with E-state index in [1.807, 2.05) is 35.8 Å². The highest BCUT2D eigenvalue weighted by molar-refractivity contribution is 6.30. The predicted octanol–water partition coefficient (Wildman–Crippen LogP) is 7.39. The van der Waals surface area contributed by atoms with Crippen molar-refractivity contribution in [2.24, 2.45) is 12.1 Å². The molecule has 3 aromatic rings. The number of hydrogen-bond donors (Lipinski definition) is 2. The van der Waals surface area contributed by atoms with Gasteiger partial charge in [-0.1, -0.05) is 114 Å². The molecular formula is C30H45ClN6O2. The number of benzene rings is 1. The Hall–Kier alpha value is -2.87. The number of imidazole rings is 1. The number of anilines is 1. The van der Waals surface area contributed by atoms with E-state index >= 15 is 0 Å². The molecule has 0 unspecified atom stereocenters. The third-order valence-corrected chi connectivity index (χ3v) is 7.58. The highest BCUT2D eigenvalue weighted by Crippen LogP contribution is 2.19. The van der Waals surface area contributed by atoms with Gasteiger partial charge < -0.3 is 4.57 Å². The van der Waals surface area contributed by atoms with Gasteiger partial charge in [0.1, 0.15) is 0 Å². The van der Waals surface area contributed by atoms with Crippen LogP contribution >= 0.6 is 11.6 Å². The predicted molar refractivity (Wildman–Crippen MR) is 163 cm³/mol. The van der Waals surface area contributed by atoms with Gasteiger partial charge in [0, 0.05) is 18.6 Å². The minimum absolute atomic E-state index is 0.343. The monoisotopic (exact) mass is 556 g/mol. The Kier molecular flexibility index (Phi) is 12.8. The largest absolute Gasteiger partial charge is 0.329 e. The number of aryl methyl sites for hydroxylation is 2. The Labute approximate surface area is 236 Å². The minimum Gasteiger partial charge on any atom is -0.303 e. The molecule has 0 atom stereocenters. The summed E-state index contributed by atoms with van der Waals surface area (Å²) in [5.74, 6) is 0.444. The molecule has 2 N–H and O–H groups in total. The summed E-state index contributed by atoms with van der Waals surface area (Å²) in [7, 11) is 1.61. The number of unbranched alkanes of at least 4 members (excludes halogenated alkanes) is 13. The molecule has 3 rings (SSSR count). The first-order chi connectivity index (χ1) is 18.9. The van der Waals surface area contributed by atoms with Gasteiger partial charge in [-0.2, -0.15) is 10.1 Å². The van der Waals surface area contributed by atoms with Crippen LogP contribution in [0.25, 0.3) is 11.2 Å². The first-order valence-corrected chi connectivity index (χ1v) is 15.1. The smallest absolute Gasteiger partial charge is 0.303 e. The average molecular weight is 557 g/mol. The van der Waals surface area contributed by atoms with Crippen LogP contribution in [0, 0.1) is 0 Å². The van der Waals surface area contributed by atoms with Crippen LogP contribution in [0.5, 0.6) is 0 Å². The van der Waals surface area contributed by atoms with Gasteiger partial charge in [0.05, 0.1) is 5.71 Å². The van der Waals surface area contributed by atoms with Crippen LogP contribution in [-0.2, 0) is 13.6 Å². The van der Waals surface area contributed by atoms with Gasteiger partial charge in [-0.25, -0.2) is 10.2 Å².